The fourth-order valence-electron chi connectivity index (χ4n) is 2.27. The highest BCUT2D eigenvalue weighted by Crippen LogP contribution is 2.28. The molecule has 0 spiro atoms. The Hall–Kier alpha value is -2.86. The molecule has 2 heterocycles. The van der Waals surface area contributed by atoms with E-state index in [1.807, 2.05) is 0 Å². The number of nitrogens with zero attached hydrogens (tertiary/aromatic N) is 3. The van der Waals surface area contributed by atoms with Crippen LogP contribution in [0.15, 0.2) is 46.0 Å². The van der Waals surface area contributed by atoms with Gasteiger partial charge in [-0.05, 0) is 19.7 Å². The molecule has 146 valence electrons. The molecule has 11 nitrogen and oxygen atoms in total. The molecule has 1 saturated heterocycles. The molecule has 0 aromatic carbocycles. The van der Waals surface area contributed by atoms with E-state index >= 15 is 0 Å². The summed E-state index contributed by atoms with van der Waals surface area (Å²) in [6, 6.07) is 1.31. The minimum absolute atomic E-state index is 0.0487. The van der Waals surface area contributed by atoms with E-state index in [9.17, 15) is 19.8 Å². The van der Waals surface area contributed by atoms with Crippen LogP contribution in [-0.4, -0.2) is 62.5 Å². The molecule has 27 heavy (non-hydrogen) atoms. The first-order valence-electron chi connectivity index (χ1n) is 7.87. The van der Waals surface area contributed by atoms with Crippen LogP contribution in [0, 0.1) is 0 Å². The number of ether oxygens (including phenoxy) is 1. The van der Waals surface area contributed by atoms with E-state index in [0.717, 1.165) is 4.57 Å². The molecule has 0 radical (unpaired) electrons. The van der Waals surface area contributed by atoms with Crippen molar-refractivity contribution >= 4 is 18.5 Å². The molecular formula is C16H20N4O7. The first-order valence-corrected chi connectivity index (χ1v) is 7.87. The van der Waals surface area contributed by atoms with Gasteiger partial charge in [0.25, 0.3) is 0 Å². The number of nitrogens with one attached hydrogen (secondary N) is 1. The van der Waals surface area contributed by atoms with Crippen LogP contribution in [0.5, 0.6) is 0 Å². The van der Waals surface area contributed by atoms with Gasteiger partial charge in [-0.15, -0.1) is 0 Å². The van der Waals surface area contributed by atoms with Gasteiger partial charge in [0, 0.05) is 24.0 Å². The second-order valence-corrected chi connectivity index (χ2v) is 5.60. The smallest absolute Gasteiger partial charge is 0.358 e. The van der Waals surface area contributed by atoms with Gasteiger partial charge in [0.05, 0.1) is 6.61 Å². The highest BCUT2D eigenvalue weighted by molar-refractivity contribution is 5.88. The monoisotopic (exact) mass is 380 g/mol. The van der Waals surface area contributed by atoms with Crippen molar-refractivity contribution in [1.82, 2.24) is 9.55 Å². The summed E-state index contributed by atoms with van der Waals surface area (Å²) in [6.07, 6.45) is 0.626. The third-order valence-electron chi connectivity index (χ3n) is 3.73. The van der Waals surface area contributed by atoms with Gasteiger partial charge in [-0.2, -0.15) is 10.5 Å². The maximum atomic E-state index is 12.1. The first kappa shape index (κ1) is 20.5. The molecule has 0 aliphatic carbocycles. The number of anilines is 1. The van der Waals surface area contributed by atoms with Crippen molar-refractivity contribution < 1.29 is 29.7 Å². The molecule has 4 atom stereocenters. The lowest BCUT2D eigenvalue weighted by Crippen LogP contribution is -2.36. The number of aliphatic hydroxyl groups excluding tert-OH is 3. The Morgan fingerprint density at radius 2 is 2.26 bits per heavy atom. The Kier molecular flexibility index (Phi) is 6.96. The van der Waals surface area contributed by atoms with Crippen LogP contribution in [-0.2, 0) is 14.4 Å². The number of carbonyl (C=O) groups is 1. The molecule has 1 aromatic rings. The maximum absolute atomic E-state index is 12.1. The van der Waals surface area contributed by atoms with Gasteiger partial charge in [-0.1, -0.05) is 6.08 Å². The lowest BCUT2D eigenvalue weighted by molar-refractivity contribution is -0.136. The molecule has 2 rings (SSSR count). The summed E-state index contributed by atoms with van der Waals surface area (Å²) in [7, 11) is 0. The molecule has 1 fully saturated rings. The van der Waals surface area contributed by atoms with Gasteiger partial charge in [0.1, 0.15) is 18.3 Å². The van der Waals surface area contributed by atoms with Crippen LogP contribution in [0.2, 0.25) is 0 Å². The first-order chi connectivity index (χ1) is 12.9. The van der Waals surface area contributed by atoms with Crippen molar-refractivity contribution in [2.45, 2.75) is 31.5 Å². The van der Waals surface area contributed by atoms with Gasteiger partial charge in [-0.3, -0.25) is 9.56 Å². The third-order valence-corrected chi connectivity index (χ3v) is 3.73. The molecule has 11 heteroatoms. The topological polar surface area (TPSA) is 156 Å². The normalized spacial score (nSPS) is 25.6. The third kappa shape index (κ3) is 4.86. The van der Waals surface area contributed by atoms with Gasteiger partial charge >= 0.3 is 11.7 Å². The number of aromatic nitrogens is 2. The van der Waals surface area contributed by atoms with E-state index < -0.39 is 42.8 Å². The van der Waals surface area contributed by atoms with Crippen LogP contribution < -0.4 is 11.2 Å². The van der Waals surface area contributed by atoms with Crippen molar-refractivity contribution in [3.63, 3.8) is 0 Å². The number of rotatable bonds is 7. The SMILES string of the molecule is C=N/C=C\C=C(/C)C(=O)ONc1ccn([C@@H]2O[C@H](CO)[C@@H](O)[C@H]2O)c(=O)n1. The summed E-state index contributed by atoms with van der Waals surface area (Å²) in [4.78, 5) is 35.9. The van der Waals surface area contributed by atoms with Crippen LogP contribution in [0.25, 0.3) is 0 Å². The Labute approximate surface area is 153 Å². The molecule has 1 aromatic heterocycles. The van der Waals surface area contributed by atoms with Crippen molar-refractivity contribution in [3.05, 3.63) is 46.7 Å². The van der Waals surface area contributed by atoms with Crippen LogP contribution in [0.4, 0.5) is 5.82 Å². The fourth-order valence-corrected chi connectivity index (χ4v) is 2.27. The summed E-state index contributed by atoms with van der Waals surface area (Å²) < 4.78 is 6.21. The number of allylic oxidation sites excluding steroid dienone is 2. The second kappa shape index (κ2) is 9.19. The number of carbonyl (C=O) groups excluding carboxylic acids is 1. The number of hydrogen-bond donors (Lipinski definition) is 4. The quantitative estimate of drug-likeness (QED) is 0.199. The standard InChI is InChI=1S/C16H20N4O7/c1-9(4-3-6-17-2)15(24)27-19-11-5-7-20(16(25)18-11)14-13(23)12(22)10(8-21)26-14/h3-7,10,12-14,21-23H,2,8H2,1H3,(H,18,19,25)/b6-3-,9-4+/t10-,12-,13-,14-/m1/s1. The zero-order chi connectivity index (χ0) is 20.0. The maximum Gasteiger partial charge on any atom is 0.358 e. The second-order valence-electron chi connectivity index (χ2n) is 5.60. The van der Waals surface area contributed by atoms with Crippen LogP contribution >= 0.6 is 0 Å². The lowest BCUT2D eigenvalue weighted by Gasteiger charge is -2.17. The van der Waals surface area contributed by atoms with Crippen molar-refractivity contribution in [2.75, 3.05) is 12.1 Å². The zero-order valence-corrected chi connectivity index (χ0v) is 14.4. The average Bonchev–Trinajstić information content (AvgIpc) is 2.94. The van der Waals surface area contributed by atoms with Gasteiger partial charge < -0.3 is 24.9 Å². The highest BCUT2D eigenvalue weighted by Gasteiger charge is 2.43. The molecule has 0 saturated carbocycles. The van der Waals surface area contributed by atoms with Crippen LogP contribution in [0.3, 0.4) is 0 Å². The van der Waals surface area contributed by atoms with Crippen molar-refractivity contribution in [3.8, 4) is 0 Å². The predicted octanol–water partition coefficient (Wildman–Crippen LogP) is -1.11. The Morgan fingerprint density at radius 3 is 2.85 bits per heavy atom. The summed E-state index contributed by atoms with van der Waals surface area (Å²) in [5.41, 5.74) is 1.69. The minimum atomic E-state index is -1.41. The van der Waals surface area contributed by atoms with E-state index in [1.54, 1.807) is 0 Å². The Balaban J connectivity index is 2.04. The fraction of sp³-hybridized carbons (Fsp3) is 0.375. The van der Waals surface area contributed by atoms with Gasteiger partial charge in [0.15, 0.2) is 12.0 Å². The summed E-state index contributed by atoms with van der Waals surface area (Å²) >= 11 is 0. The molecule has 0 unspecified atom stereocenters. The molecule has 4 N–H and O–H groups in total. The molecular weight excluding hydrogens is 360 g/mol. The largest absolute Gasteiger partial charge is 0.394 e. The van der Waals surface area contributed by atoms with Gasteiger partial charge in [-0.25, -0.2) is 9.59 Å². The average molecular weight is 380 g/mol. The molecule has 0 amide bonds. The van der Waals surface area contributed by atoms with E-state index in [0.29, 0.717) is 0 Å². The van der Waals surface area contributed by atoms with E-state index in [4.69, 9.17) is 14.7 Å². The number of aliphatic hydroxyl groups is 3. The van der Waals surface area contributed by atoms with Crippen LogP contribution in [0.1, 0.15) is 13.2 Å². The summed E-state index contributed by atoms with van der Waals surface area (Å²) in [5, 5.41) is 28.8. The summed E-state index contributed by atoms with van der Waals surface area (Å²) in [5.74, 6) is -0.745. The van der Waals surface area contributed by atoms with E-state index in [1.165, 1.54) is 37.5 Å². The zero-order valence-electron chi connectivity index (χ0n) is 14.4. The minimum Gasteiger partial charge on any atom is -0.394 e. The van der Waals surface area contributed by atoms with Crippen molar-refractivity contribution in [2.24, 2.45) is 4.99 Å². The predicted molar refractivity (Wildman–Crippen MR) is 93.7 cm³/mol. The van der Waals surface area contributed by atoms with Gasteiger partial charge in [0.2, 0.25) is 0 Å². The van der Waals surface area contributed by atoms with Crippen molar-refractivity contribution in [1.29, 1.82) is 0 Å². The number of aliphatic imine (C=N–C) groups is 1. The molecule has 0 bridgehead atoms. The highest BCUT2D eigenvalue weighted by atomic mass is 16.7. The molecule has 1 aliphatic rings. The van der Waals surface area contributed by atoms with E-state index in [2.05, 4.69) is 22.2 Å². The number of hydrogen-bond acceptors (Lipinski definition) is 10. The lowest BCUT2D eigenvalue weighted by atomic mass is 10.1. The summed E-state index contributed by atoms with van der Waals surface area (Å²) in [6.45, 7) is 4.26. The molecule has 1 aliphatic heterocycles. The Morgan fingerprint density at radius 1 is 1.52 bits per heavy atom. The Bertz CT molecular complexity index is 804. The van der Waals surface area contributed by atoms with E-state index in [-0.39, 0.29) is 11.4 Å².